The molecule has 18 nitrogen and oxygen atoms in total. The summed E-state index contributed by atoms with van der Waals surface area (Å²) >= 11 is 2.56. The fourth-order valence-electron chi connectivity index (χ4n) is 11.2. The van der Waals surface area contributed by atoms with Crippen molar-refractivity contribution in [2.24, 2.45) is 0 Å². The van der Waals surface area contributed by atoms with Gasteiger partial charge in [-0.15, -0.1) is 0 Å². The van der Waals surface area contributed by atoms with Crippen LogP contribution in [-0.2, 0) is 56.0 Å². The molecular weight excluding hydrogens is 1120 g/mol. The molecule has 4 atom stereocenters. The smallest absolute Gasteiger partial charge is 0.262 e. The number of thioether (sulfide) groups is 2. The molecule has 6 aromatic carbocycles. The Morgan fingerprint density at radius 2 is 1.01 bits per heavy atom. The van der Waals surface area contributed by atoms with Crippen LogP contribution in [0.15, 0.2) is 153 Å². The summed E-state index contributed by atoms with van der Waals surface area (Å²) in [6.45, 7) is 9.22. The molecule has 2 aromatic heterocycles. The van der Waals surface area contributed by atoms with E-state index in [0.29, 0.717) is 71.5 Å². The molecule has 0 spiro atoms. The van der Waals surface area contributed by atoms with Gasteiger partial charge in [-0.25, -0.2) is 9.97 Å². The second-order valence-electron chi connectivity index (χ2n) is 21.3. The average Bonchev–Trinajstić information content (AvgIpc) is 3.53. The second-order valence-corrected chi connectivity index (χ2v) is 23.7. The minimum atomic E-state index is -1.14. The molecular formula is C65H72N8O10S2. The maximum absolute atomic E-state index is 14.9. The number of hydrogen-bond donors (Lipinski definition) is 2. The van der Waals surface area contributed by atoms with Crippen molar-refractivity contribution in [2.75, 3.05) is 79.0 Å². The number of ether oxygens (including phenoxy) is 4. The molecule has 0 unspecified atom stereocenters. The van der Waals surface area contributed by atoms with Crippen LogP contribution in [0.4, 0.5) is 0 Å². The van der Waals surface area contributed by atoms with Gasteiger partial charge in [0, 0.05) is 51.4 Å². The predicted molar refractivity (Wildman–Crippen MR) is 332 cm³/mol. The maximum atomic E-state index is 14.9. The maximum Gasteiger partial charge on any atom is 0.262 e. The summed E-state index contributed by atoms with van der Waals surface area (Å²) in [7, 11) is 0. The van der Waals surface area contributed by atoms with Gasteiger partial charge in [0.2, 0.25) is 23.6 Å². The van der Waals surface area contributed by atoms with Crippen molar-refractivity contribution in [3.63, 3.8) is 0 Å². The van der Waals surface area contributed by atoms with Gasteiger partial charge >= 0.3 is 0 Å². The number of fused-ring (bicyclic) bond motifs is 4. The molecule has 4 heterocycles. The van der Waals surface area contributed by atoms with Crippen molar-refractivity contribution in [3.05, 3.63) is 165 Å². The first-order valence-corrected chi connectivity index (χ1v) is 30.9. The number of aromatic nitrogens is 4. The Balaban J connectivity index is 0.614. The summed E-state index contributed by atoms with van der Waals surface area (Å²) < 4.78 is 24.6. The number of nitrogens with zero attached hydrogens (tertiary/aromatic N) is 6. The van der Waals surface area contributed by atoms with Crippen molar-refractivity contribution < 1.29 is 38.1 Å². The Morgan fingerprint density at radius 1 is 0.576 bits per heavy atom. The van der Waals surface area contributed by atoms with E-state index in [1.165, 1.54) is 23.5 Å². The molecule has 0 bridgehead atoms. The van der Waals surface area contributed by atoms with Crippen molar-refractivity contribution in [3.8, 4) is 0 Å². The van der Waals surface area contributed by atoms with Gasteiger partial charge in [-0.2, -0.15) is 0 Å². The monoisotopic (exact) mass is 1190 g/mol. The van der Waals surface area contributed by atoms with E-state index in [1.54, 1.807) is 9.13 Å². The van der Waals surface area contributed by atoms with Gasteiger partial charge in [-0.1, -0.05) is 133 Å². The summed E-state index contributed by atoms with van der Waals surface area (Å²) in [5, 5.41) is 11.1. The van der Waals surface area contributed by atoms with Crippen molar-refractivity contribution in [1.29, 1.82) is 0 Å². The molecule has 4 amide bonds. The number of carbonyl (C=O) groups excluding carboxylic acids is 4. The zero-order chi connectivity index (χ0) is 59.3. The summed E-state index contributed by atoms with van der Waals surface area (Å²) in [6, 6.07) is 42.0. The summed E-state index contributed by atoms with van der Waals surface area (Å²) in [4.78, 5) is 96.8. The van der Waals surface area contributed by atoms with Gasteiger partial charge in [-0.05, 0) is 103 Å². The van der Waals surface area contributed by atoms with E-state index in [9.17, 15) is 28.8 Å². The third kappa shape index (κ3) is 14.3. The highest BCUT2D eigenvalue weighted by molar-refractivity contribution is 8.00. The van der Waals surface area contributed by atoms with Crippen LogP contribution < -0.4 is 21.8 Å². The number of nitrogens with one attached hydrogen (secondary N) is 2. The number of carbonyl (C=O) groups is 4. The first kappa shape index (κ1) is 60.7. The first-order chi connectivity index (χ1) is 41.4. The largest absolute Gasteiger partial charge is 0.377 e. The summed E-state index contributed by atoms with van der Waals surface area (Å²) in [5.74, 6) is -0.824. The van der Waals surface area contributed by atoms with Crippen LogP contribution in [-0.4, -0.2) is 144 Å². The van der Waals surface area contributed by atoms with Crippen LogP contribution in [0.2, 0.25) is 0 Å². The quantitative estimate of drug-likeness (QED) is 0.0215. The van der Waals surface area contributed by atoms with Crippen LogP contribution in [0.3, 0.4) is 0 Å². The van der Waals surface area contributed by atoms with E-state index in [0.717, 1.165) is 58.4 Å². The molecule has 444 valence electrons. The van der Waals surface area contributed by atoms with E-state index in [-0.39, 0.29) is 99.6 Å². The SMILES string of the molecule is CCn1c(S[C@H](C(=O)N2CCC[C@@H]2CNC(=O)COCCOCCOCCOCC(=O)NC[C@H]2CCCN2C(=O)[C@](C)(Sc2nc3cc4ccccc4cc3c(=O)n2CC)c2ccccc2)c2ccccc2)nc2cc3ccccc3cc2c1=O. The van der Waals surface area contributed by atoms with Gasteiger partial charge < -0.3 is 39.4 Å². The Bertz CT molecular complexity index is 3790. The molecule has 2 aliphatic heterocycles. The first-order valence-electron chi connectivity index (χ1n) is 29.2. The molecule has 2 saturated heterocycles. The van der Waals surface area contributed by atoms with Crippen LogP contribution >= 0.6 is 23.5 Å². The lowest BCUT2D eigenvalue weighted by atomic mass is 9.98. The molecule has 85 heavy (non-hydrogen) atoms. The van der Waals surface area contributed by atoms with Gasteiger partial charge in [0.1, 0.15) is 23.2 Å². The molecule has 2 fully saturated rings. The predicted octanol–water partition coefficient (Wildman–Crippen LogP) is 8.27. The Morgan fingerprint density at radius 3 is 1.53 bits per heavy atom. The van der Waals surface area contributed by atoms with E-state index < -0.39 is 10.00 Å². The minimum absolute atomic E-state index is 0.105. The highest BCUT2D eigenvalue weighted by Gasteiger charge is 2.44. The number of hydrogen-bond acceptors (Lipinski definition) is 14. The van der Waals surface area contributed by atoms with Crippen LogP contribution in [0.25, 0.3) is 43.4 Å². The van der Waals surface area contributed by atoms with Crippen LogP contribution in [0.1, 0.15) is 62.8 Å². The van der Waals surface area contributed by atoms with Crippen molar-refractivity contribution >= 4 is 90.5 Å². The van der Waals surface area contributed by atoms with Crippen LogP contribution in [0.5, 0.6) is 0 Å². The molecule has 2 N–H and O–H groups in total. The molecule has 10 rings (SSSR count). The van der Waals surface area contributed by atoms with E-state index >= 15 is 0 Å². The van der Waals surface area contributed by atoms with E-state index in [1.807, 2.05) is 164 Å². The van der Waals surface area contributed by atoms with Gasteiger partial charge in [-0.3, -0.25) is 37.9 Å². The Kier molecular flexibility index (Phi) is 20.4. The van der Waals surface area contributed by atoms with E-state index in [4.69, 9.17) is 28.9 Å². The number of rotatable bonds is 27. The van der Waals surface area contributed by atoms with Crippen molar-refractivity contribution in [1.82, 2.24) is 39.5 Å². The summed E-state index contributed by atoms with van der Waals surface area (Å²) in [5.41, 5.74) is 2.43. The molecule has 0 radical (unpaired) electrons. The minimum Gasteiger partial charge on any atom is -0.377 e. The van der Waals surface area contributed by atoms with Crippen LogP contribution in [0, 0.1) is 0 Å². The number of amides is 4. The molecule has 2 aliphatic rings. The normalized spacial score (nSPS) is 16.3. The lowest BCUT2D eigenvalue weighted by molar-refractivity contribution is -0.135. The van der Waals surface area contributed by atoms with E-state index in [2.05, 4.69) is 10.6 Å². The van der Waals surface area contributed by atoms with Crippen molar-refractivity contribution in [2.45, 2.75) is 91.9 Å². The zero-order valence-corrected chi connectivity index (χ0v) is 49.9. The fraction of sp³-hybridized carbons (Fsp3) is 0.385. The number of likely N-dealkylation sites (tertiary alicyclic amines) is 2. The average molecular weight is 1190 g/mol. The van der Waals surface area contributed by atoms with Gasteiger partial charge in [0.15, 0.2) is 10.3 Å². The molecule has 8 aromatic rings. The topological polar surface area (TPSA) is 206 Å². The lowest BCUT2D eigenvalue weighted by Gasteiger charge is -2.35. The lowest BCUT2D eigenvalue weighted by Crippen LogP contribution is -2.49. The standard InChI is InChI=1S/C65H72N8O10S2/c1-4-70-59(76)52-36-45-20-12-14-22-47(45)38-54(52)68-63(70)84-58(44-18-8-6-9-19-44)61(78)72-28-16-26-50(72)40-66-56(74)42-82-34-32-80-30-31-81-33-35-83-43-57(75)67-41-51-27-17-29-73(51)62(79)65(3,49-24-10-7-11-25-49)85-64-69-55-39-48-23-15-13-21-46(48)37-53(55)60(77)71(64)5-2/h6-15,18-25,36-39,50-51,58H,4-5,16-17,26-35,40-43H2,1-3H3,(H,66,74)(H,67,75)/t50-,51-,58+,65-/m1/s1. The third-order valence-electron chi connectivity index (χ3n) is 15.7. The second kappa shape index (κ2) is 28.6. The fourth-order valence-corrected chi connectivity index (χ4v) is 13.7. The highest BCUT2D eigenvalue weighted by atomic mass is 32.2. The third-order valence-corrected chi connectivity index (χ3v) is 18.3. The molecule has 0 aliphatic carbocycles. The van der Waals surface area contributed by atoms with Gasteiger partial charge in [0.05, 0.1) is 61.4 Å². The highest BCUT2D eigenvalue weighted by Crippen LogP contribution is 2.44. The Labute approximate surface area is 501 Å². The molecule has 0 saturated carbocycles. The van der Waals surface area contributed by atoms with Gasteiger partial charge in [0.25, 0.3) is 11.1 Å². The Hall–Kier alpha value is -7.46. The zero-order valence-electron chi connectivity index (χ0n) is 48.2. The number of benzene rings is 6. The summed E-state index contributed by atoms with van der Waals surface area (Å²) in [6.07, 6.45) is 3.03. The molecule has 20 heteroatoms.